The first kappa shape index (κ1) is 36.9. The van der Waals surface area contributed by atoms with Crippen LogP contribution in [0.15, 0.2) is 52.5 Å². The van der Waals surface area contributed by atoms with Crippen molar-refractivity contribution in [2.45, 2.75) is 77.4 Å². The summed E-state index contributed by atoms with van der Waals surface area (Å²) >= 11 is 12.3. The molecule has 4 N–H and O–H groups in total. The molecule has 0 radical (unpaired) electrons. The predicted octanol–water partition coefficient (Wildman–Crippen LogP) is 5.85. The number of likely N-dealkylation sites (tertiary alicyclic amines) is 1. The third-order valence-corrected chi connectivity index (χ3v) is 11.1. The molecule has 0 amide bonds. The number of halogens is 5. The van der Waals surface area contributed by atoms with Crippen molar-refractivity contribution < 1.29 is 33.3 Å². The number of aliphatic hydroxyl groups is 2. The van der Waals surface area contributed by atoms with E-state index in [1.165, 1.54) is 6.42 Å². The summed E-state index contributed by atoms with van der Waals surface area (Å²) in [5.74, 6) is -0.343. The zero-order valence-corrected chi connectivity index (χ0v) is 28.8. The fourth-order valence-electron chi connectivity index (χ4n) is 7.44. The average Bonchev–Trinajstić information content (AvgIpc) is 3.41. The van der Waals surface area contributed by atoms with Crippen LogP contribution in [0.1, 0.15) is 45.6 Å². The number of aliphatic imine (C=N–C) groups is 1. The van der Waals surface area contributed by atoms with E-state index in [9.17, 15) is 28.2 Å². The van der Waals surface area contributed by atoms with Crippen molar-refractivity contribution in [1.29, 1.82) is 0 Å². The summed E-state index contributed by atoms with van der Waals surface area (Å²) in [5.41, 5.74) is 2.49. The van der Waals surface area contributed by atoms with Crippen LogP contribution in [0.2, 0.25) is 10.0 Å². The molecule has 49 heavy (non-hydrogen) atoms. The molecule has 4 fully saturated rings. The van der Waals surface area contributed by atoms with E-state index < -0.39 is 24.3 Å². The van der Waals surface area contributed by atoms with Gasteiger partial charge in [0.1, 0.15) is 0 Å². The van der Waals surface area contributed by atoms with Crippen molar-refractivity contribution in [2.75, 3.05) is 18.5 Å². The van der Waals surface area contributed by atoms with Crippen molar-refractivity contribution in [3.63, 3.8) is 0 Å². The van der Waals surface area contributed by atoms with Gasteiger partial charge in [0.05, 0.1) is 42.0 Å². The van der Waals surface area contributed by atoms with Crippen LogP contribution in [0.5, 0.6) is 0 Å². The Labute approximate surface area is 291 Å². The summed E-state index contributed by atoms with van der Waals surface area (Å²) in [6.45, 7) is 7.96. The summed E-state index contributed by atoms with van der Waals surface area (Å²) in [4.78, 5) is 34.0. The second-order valence-corrected chi connectivity index (χ2v) is 14.5. The molecule has 0 spiro atoms. The van der Waals surface area contributed by atoms with E-state index in [0.29, 0.717) is 76.0 Å². The number of aryl methyl sites for hydroxylation is 2. The molecule has 2 heterocycles. The van der Waals surface area contributed by atoms with E-state index in [-0.39, 0.29) is 18.2 Å². The van der Waals surface area contributed by atoms with Gasteiger partial charge >= 0.3 is 12.1 Å². The maximum Gasteiger partial charge on any atom is 0.490 e. The van der Waals surface area contributed by atoms with Crippen LogP contribution in [0.3, 0.4) is 0 Å². The van der Waals surface area contributed by atoms with E-state index in [2.05, 4.69) is 31.1 Å². The largest absolute Gasteiger partial charge is 0.490 e. The highest BCUT2D eigenvalue weighted by molar-refractivity contribution is 6.35. The van der Waals surface area contributed by atoms with E-state index >= 15 is 0 Å². The van der Waals surface area contributed by atoms with Crippen molar-refractivity contribution >= 4 is 51.7 Å². The van der Waals surface area contributed by atoms with Gasteiger partial charge < -0.3 is 25.5 Å². The van der Waals surface area contributed by atoms with Gasteiger partial charge in [-0.05, 0) is 84.7 Å². The number of guanidine groups is 1. The summed E-state index contributed by atoms with van der Waals surface area (Å²) < 4.78 is 33.3. The molecule has 4 aliphatic rings. The number of benzene rings is 2. The number of nitrogens with zero attached hydrogens (tertiary/aromatic N) is 4. The number of anilines is 1. The normalized spacial score (nSPS) is 26.2. The van der Waals surface area contributed by atoms with Crippen LogP contribution >= 0.6 is 23.2 Å². The molecule has 1 aliphatic heterocycles. The number of aromatic nitrogens is 2. The maximum atomic E-state index is 13.3. The highest BCUT2D eigenvalue weighted by Crippen LogP contribution is 2.61. The maximum absolute atomic E-state index is 13.3. The second kappa shape index (κ2) is 14.5. The van der Waals surface area contributed by atoms with Gasteiger partial charge in [-0.3, -0.25) is 9.36 Å². The third kappa shape index (κ3) is 7.84. The summed E-state index contributed by atoms with van der Waals surface area (Å²) in [5, 5.41) is 32.9. The lowest BCUT2D eigenvalue weighted by atomic mass is 9.45. The number of carbonyl (C=O) groups is 1. The van der Waals surface area contributed by atoms with Gasteiger partial charge in [-0.25, -0.2) is 14.8 Å². The fourth-order valence-corrected chi connectivity index (χ4v) is 7.94. The first-order chi connectivity index (χ1) is 23.0. The first-order valence-corrected chi connectivity index (χ1v) is 16.9. The van der Waals surface area contributed by atoms with Gasteiger partial charge in [-0.1, -0.05) is 50.0 Å². The van der Waals surface area contributed by atoms with E-state index in [1.54, 1.807) is 29.1 Å². The van der Waals surface area contributed by atoms with Crippen molar-refractivity contribution in [3.8, 4) is 0 Å². The molecule has 3 aliphatic carbocycles. The summed E-state index contributed by atoms with van der Waals surface area (Å²) in [6, 6.07) is 10.6. The zero-order chi connectivity index (χ0) is 35.8. The molecular weight excluding hydrogens is 686 g/mol. The summed E-state index contributed by atoms with van der Waals surface area (Å²) in [6.07, 6.45) is -0.665. The number of carboxylic acid groups (broad SMARTS) is 1. The number of nitrogens with one attached hydrogen (secondary N) is 1. The van der Waals surface area contributed by atoms with E-state index in [1.807, 2.05) is 23.1 Å². The number of carboxylic acids is 1. The Bertz CT molecular complexity index is 1790. The van der Waals surface area contributed by atoms with Gasteiger partial charge in [0, 0.05) is 28.8 Å². The monoisotopic (exact) mass is 725 g/mol. The number of aliphatic carboxylic acids is 1. The fraction of sp³-hybridized carbons (Fsp3) is 0.529. The average molecular weight is 727 g/mol. The quantitative estimate of drug-likeness (QED) is 0.184. The van der Waals surface area contributed by atoms with Gasteiger partial charge in [-0.15, -0.1) is 0 Å². The molecular formula is C34H40Cl2F3N5O5. The lowest BCUT2D eigenvalue weighted by Crippen LogP contribution is -2.57. The predicted molar refractivity (Wildman–Crippen MR) is 182 cm³/mol. The highest BCUT2D eigenvalue weighted by atomic mass is 35.5. The Morgan fingerprint density at radius 3 is 2.49 bits per heavy atom. The SMILES string of the molecule is C[C@@H]1[C@@H](N=C(Nc2ccc3c(=O)n(CCc4ccc(Cl)cc4Cl)cnc3c2)N2CC[C@H](O)[C@H]2CO)C[C@@H]2C[C@H]1C2(C)C.O=C(O)C(F)(F)F. The number of rotatable bonds is 6. The Morgan fingerprint density at radius 2 is 1.88 bits per heavy atom. The highest BCUT2D eigenvalue weighted by Gasteiger charge is 2.56. The van der Waals surface area contributed by atoms with Gasteiger partial charge in [0.2, 0.25) is 0 Å². The number of fused-ring (bicyclic) bond motifs is 3. The molecule has 2 bridgehead atoms. The van der Waals surface area contributed by atoms with Crippen molar-refractivity contribution in [1.82, 2.24) is 14.5 Å². The number of hydrogen-bond donors (Lipinski definition) is 4. The molecule has 266 valence electrons. The Kier molecular flexibility index (Phi) is 10.9. The van der Waals surface area contributed by atoms with Crippen molar-refractivity contribution in [2.24, 2.45) is 28.2 Å². The number of hydrogen-bond acceptors (Lipinski definition) is 6. The molecule has 0 unspecified atom stereocenters. The molecule has 3 saturated carbocycles. The van der Waals surface area contributed by atoms with Crippen molar-refractivity contribution in [3.05, 3.63) is 68.7 Å². The van der Waals surface area contributed by atoms with E-state index in [0.717, 1.165) is 17.7 Å². The van der Waals surface area contributed by atoms with Crippen LogP contribution in [0.4, 0.5) is 18.9 Å². The molecule has 1 aromatic heterocycles. The minimum atomic E-state index is -5.08. The summed E-state index contributed by atoms with van der Waals surface area (Å²) in [7, 11) is 0. The smallest absolute Gasteiger partial charge is 0.475 e. The molecule has 15 heteroatoms. The number of aliphatic hydroxyl groups excluding tert-OH is 2. The topological polar surface area (TPSA) is 140 Å². The van der Waals surface area contributed by atoms with Crippen LogP contribution < -0.4 is 10.9 Å². The first-order valence-electron chi connectivity index (χ1n) is 16.1. The van der Waals surface area contributed by atoms with Gasteiger partial charge in [-0.2, -0.15) is 13.2 Å². The van der Waals surface area contributed by atoms with Gasteiger partial charge in [0.15, 0.2) is 5.96 Å². The van der Waals surface area contributed by atoms with Crippen LogP contribution in [-0.4, -0.2) is 79.2 Å². The molecule has 1 saturated heterocycles. The van der Waals surface area contributed by atoms with Gasteiger partial charge in [0.25, 0.3) is 5.56 Å². The zero-order valence-electron chi connectivity index (χ0n) is 27.3. The Balaban J connectivity index is 0.000000606. The molecule has 3 aromatic rings. The minimum absolute atomic E-state index is 0.119. The lowest BCUT2D eigenvalue weighted by molar-refractivity contribution is -0.192. The van der Waals surface area contributed by atoms with E-state index in [4.69, 9.17) is 38.1 Å². The molecule has 2 aromatic carbocycles. The number of alkyl halides is 3. The molecule has 7 rings (SSSR count). The Hall–Kier alpha value is -3.39. The molecule has 10 nitrogen and oxygen atoms in total. The Morgan fingerprint density at radius 1 is 1.16 bits per heavy atom. The van der Waals surface area contributed by atoms with Crippen LogP contribution in [0, 0.1) is 23.2 Å². The lowest BCUT2D eigenvalue weighted by Gasteiger charge is -2.61. The third-order valence-electron chi connectivity index (χ3n) is 10.5. The van der Waals surface area contributed by atoms with Crippen LogP contribution in [-0.2, 0) is 17.8 Å². The minimum Gasteiger partial charge on any atom is -0.475 e. The van der Waals surface area contributed by atoms with Crippen LogP contribution in [0.25, 0.3) is 10.9 Å². The molecule has 6 atom stereocenters. The standard InChI is InChI=1S/C32H39Cl2N5O3.C2HF3O2/c1-18-24-12-20(32(24,2)3)13-26(18)37-31(39-11-9-29(41)28(39)16-40)36-22-6-7-23-27(15-22)35-17-38(30(23)42)10-8-19-4-5-21(33)14-25(19)34;3-2(4,5)1(6)7/h4-7,14-15,17-18,20,24,26,28-29,40-41H,8-13,16H2,1-3H3,(H,36,37);(H,6,7)/t18-,20-,24+,26-,28+,29-;/m0./s1. The second-order valence-electron chi connectivity index (χ2n) is 13.7.